The number of allylic oxidation sites excluding steroid dienone is 1. The molecule has 3 N–H and O–H groups in total. The molecule has 0 saturated carbocycles. The summed E-state index contributed by atoms with van der Waals surface area (Å²) in [5.41, 5.74) is 10.1. The minimum Gasteiger partial charge on any atom is -0.420 e. The van der Waals surface area contributed by atoms with Crippen LogP contribution in [0.2, 0.25) is 0 Å². The Kier molecular flexibility index (Phi) is 4.76. The molecule has 3 heterocycles. The van der Waals surface area contributed by atoms with Gasteiger partial charge in [0.05, 0.1) is 12.5 Å². The van der Waals surface area contributed by atoms with Crippen LogP contribution in [0.1, 0.15) is 45.1 Å². The van der Waals surface area contributed by atoms with Crippen molar-refractivity contribution >= 4 is 0 Å². The fourth-order valence-electron chi connectivity index (χ4n) is 3.91. The Labute approximate surface area is 175 Å². The van der Waals surface area contributed by atoms with Gasteiger partial charge in [0.1, 0.15) is 11.6 Å². The highest BCUT2D eigenvalue weighted by molar-refractivity contribution is 5.58. The minimum absolute atomic E-state index is 0.0177. The lowest BCUT2D eigenvalue weighted by Gasteiger charge is -2.26. The van der Waals surface area contributed by atoms with Crippen molar-refractivity contribution in [1.82, 2.24) is 20.0 Å². The zero-order chi connectivity index (χ0) is 22.5. The number of H-pyrrole nitrogens is 1. The Hall–Kier alpha value is -3.74. The number of nitrogens with two attached hydrogens (primary N) is 1. The van der Waals surface area contributed by atoms with Crippen LogP contribution in [-0.2, 0) is 12.7 Å². The molecule has 1 atom stereocenters. The predicted molar refractivity (Wildman–Crippen MR) is 105 cm³/mol. The molecule has 0 bridgehead atoms. The van der Waals surface area contributed by atoms with E-state index in [1.54, 1.807) is 0 Å². The lowest BCUT2D eigenvalue weighted by atomic mass is 9.80. The molecule has 1 aliphatic rings. The number of nitrogens with one attached hydrogen (secondary N) is 1. The smallest absolute Gasteiger partial charge is 0.420 e. The van der Waals surface area contributed by atoms with E-state index in [1.807, 2.05) is 32.9 Å². The number of aryl methyl sites for hydroxylation is 2. The van der Waals surface area contributed by atoms with Gasteiger partial charge in [-0.3, -0.25) is 9.78 Å². The average Bonchev–Trinajstić information content (AvgIpc) is 3.30. The van der Waals surface area contributed by atoms with Crippen LogP contribution in [0.25, 0.3) is 0 Å². The largest absolute Gasteiger partial charge is 0.435 e. The third-order valence-corrected chi connectivity index (χ3v) is 5.40. The van der Waals surface area contributed by atoms with Gasteiger partial charge in [0.15, 0.2) is 5.69 Å². The number of rotatable bonds is 3. The number of aromatic nitrogens is 4. The van der Waals surface area contributed by atoms with Crippen molar-refractivity contribution in [2.75, 3.05) is 0 Å². The quantitative estimate of drug-likeness (QED) is 0.660. The number of nitriles is 1. The molecule has 4 rings (SSSR count). The van der Waals surface area contributed by atoms with Gasteiger partial charge in [0.25, 0.3) is 0 Å². The molecule has 1 aliphatic heterocycles. The lowest BCUT2D eigenvalue weighted by molar-refractivity contribution is -0.141. The van der Waals surface area contributed by atoms with E-state index in [0.29, 0.717) is 11.4 Å². The topological polar surface area (TPSA) is 106 Å². The van der Waals surface area contributed by atoms with Gasteiger partial charge in [0, 0.05) is 17.5 Å². The first-order valence-electron chi connectivity index (χ1n) is 9.43. The Morgan fingerprint density at radius 2 is 2.03 bits per heavy atom. The van der Waals surface area contributed by atoms with E-state index in [9.17, 15) is 18.4 Å². The first-order valence-corrected chi connectivity index (χ1v) is 9.43. The molecule has 0 spiro atoms. The summed E-state index contributed by atoms with van der Waals surface area (Å²) in [6.45, 7) is 5.73. The second-order valence-corrected chi connectivity index (χ2v) is 7.53. The highest BCUT2D eigenvalue weighted by atomic mass is 19.4. The molecule has 0 radical (unpaired) electrons. The van der Waals surface area contributed by atoms with Crippen LogP contribution < -0.4 is 10.5 Å². The number of fused-ring (bicyclic) bond motifs is 1. The molecule has 31 heavy (non-hydrogen) atoms. The van der Waals surface area contributed by atoms with Gasteiger partial charge in [-0.25, -0.2) is 0 Å². The summed E-state index contributed by atoms with van der Waals surface area (Å²) in [7, 11) is 0. The average molecular weight is 428 g/mol. The summed E-state index contributed by atoms with van der Waals surface area (Å²) < 4.78 is 45.5. The molecular weight excluding hydrogens is 409 g/mol. The van der Waals surface area contributed by atoms with Crippen LogP contribution >= 0.6 is 0 Å². The van der Waals surface area contributed by atoms with E-state index in [1.165, 1.54) is 10.9 Å². The van der Waals surface area contributed by atoms with Gasteiger partial charge >= 0.3 is 6.18 Å². The van der Waals surface area contributed by atoms with Crippen molar-refractivity contribution in [3.8, 4) is 11.9 Å². The van der Waals surface area contributed by atoms with E-state index in [0.717, 1.165) is 34.0 Å². The number of hydrogen-bond acceptors (Lipinski definition) is 5. The maximum atomic E-state index is 12.9. The minimum atomic E-state index is -4.50. The van der Waals surface area contributed by atoms with E-state index in [2.05, 4.69) is 21.4 Å². The summed E-state index contributed by atoms with van der Waals surface area (Å²) in [5, 5.41) is 20.4. The van der Waals surface area contributed by atoms with Crippen LogP contribution in [0, 0.1) is 32.1 Å². The molecule has 160 valence electrons. The van der Waals surface area contributed by atoms with E-state index >= 15 is 0 Å². The number of halogens is 3. The van der Waals surface area contributed by atoms with Crippen molar-refractivity contribution in [2.45, 2.75) is 39.4 Å². The molecule has 3 aromatic rings. The van der Waals surface area contributed by atoms with Gasteiger partial charge in [-0.05, 0) is 43.5 Å². The monoisotopic (exact) mass is 428 g/mol. The van der Waals surface area contributed by atoms with E-state index in [-0.39, 0.29) is 18.0 Å². The molecule has 0 saturated heterocycles. The van der Waals surface area contributed by atoms with Crippen LogP contribution in [0.5, 0.6) is 5.88 Å². The molecule has 0 unspecified atom stereocenters. The third kappa shape index (κ3) is 3.52. The van der Waals surface area contributed by atoms with Crippen LogP contribution in [0.15, 0.2) is 35.9 Å². The third-order valence-electron chi connectivity index (χ3n) is 5.40. The zero-order valence-electron chi connectivity index (χ0n) is 17.0. The number of ether oxygens (including phenoxy) is 1. The van der Waals surface area contributed by atoms with E-state index < -0.39 is 17.8 Å². The molecular formula is C21H19F3N6O. The lowest BCUT2D eigenvalue weighted by Crippen LogP contribution is -2.22. The SMILES string of the molecule is Cc1cc(Cn2ccc(C(F)(F)F)n2)c(C)c([C@@H]2C(C#N)=C(N)Oc3n[nH]c(C)c32)c1. The van der Waals surface area contributed by atoms with Gasteiger partial charge in [-0.2, -0.15) is 23.5 Å². The van der Waals surface area contributed by atoms with Crippen LogP contribution in [0.4, 0.5) is 13.2 Å². The Morgan fingerprint density at radius 3 is 2.68 bits per heavy atom. The maximum absolute atomic E-state index is 12.9. The molecule has 10 heteroatoms. The first kappa shape index (κ1) is 20.5. The molecule has 0 amide bonds. The number of alkyl halides is 3. The normalized spacial score (nSPS) is 16.1. The second-order valence-electron chi connectivity index (χ2n) is 7.53. The van der Waals surface area contributed by atoms with Gasteiger partial charge in [-0.15, -0.1) is 5.10 Å². The first-order chi connectivity index (χ1) is 14.6. The highest BCUT2D eigenvalue weighted by Gasteiger charge is 2.36. The van der Waals surface area contributed by atoms with Gasteiger partial charge in [-0.1, -0.05) is 17.7 Å². The number of nitrogens with zero attached hydrogens (tertiary/aromatic N) is 4. The highest BCUT2D eigenvalue weighted by Crippen LogP contribution is 2.44. The molecule has 7 nitrogen and oxygen atoms in total. The Balaban J connectivity index is 1.82. The van der Waals surface area contributed by atoms with Crippen LogP contribution in [-0.4, -0.2) is 20.0 Å². The van der Waals surface area contributed by atoms with Gasteiger partial charge < -0.3 is 10.5 Å². The zero-order valence-corrected chi connectivity index (χ0v) is 17.0. The summed E-state index contributed by atoms with van der Waals surface area (Å²) in [4.78, 5) is 0. The van der Waals surface area contributed by atoms with Crippen molar-refractivity contribution in [3.63, 3.8) is 0 Å². The van der Waals surface area contributed by atoms with Crippen molar-refractivity contribution in [2.24, 2.45) is 5.73 Å². The fraction of sp³-hybridized carbons (Fsp3) is 0.286. The number of benzene rings is 1. The maximum Gasteiger partial charge on any atom is 0.435 e. The number of hydrogen-bond donors (Lipinski definition) is 2. The van der Waals surface area contributed by atoms with E-state index in [4.69, 9.17) is 10.5 Å². The summed E-state index contributed by atoms with van der Waals surface area (Å²) in [6, 6.07) is 6.93. The molecule has 2 aromatic heterocycles. The van der Waals surface area contributed by atoms with Gasteiger partial charge in [0.2, 0.25) is 11.8 Å². The summed E-state index contributed by atoms with van der Waals surface area (Å²) in [5.74, 6) is -0.214. The summed E-state index contributed by atoms with van der Waals surface area (Å²) >= 11 is 0. The summed E-state index contributed by atoms with van der Waals surface area (Å²) in [6.07, 6.45) is -3.20. The van der Waals surface area contributed by atoms with Crippen molar-refractivity contribution < 1.29 is 17.9 Å². The standard InChI is InChI=1S/C21H19F3N6O/c1-10-6-13(9-30-5-4-16(29-30)21(22,23)24)11(2)14(7-10)18-15(8-25)19(26)31-20-17(18)12(3)27-28-20/h4-7,18H,9,26H2,1-3H3,(H,27,28)/t18-/m1/s1. The molecule has 0 fully saturated rings. The molecule has 1 aromatic carbocycles. The Morgan fingerprint density at radius 1 is 1.29 bits per heavy atom. The van der Waals surface area contributed by atoms with Crippen LogP contribution in [0.3, 0.4) is 0 Å². The van der Waals surface area contributed by atoms with Crippen molar-refractivity contribution in [1.29, 1.82) is 5.26 Å². The van der Waals surface area contributed by atoms with Crippen molar-refractivity contribution in [3.05, 3.63) is 75.1 Å². The number of aromatic amines is 1. The fourth-order valence-corrected chi connectivity index (χ4v) is 3.91. The molecule has 0 aliphatic carbocycles. The Bertz CT molecular complexity index is 1250. The predicted octanol–water partition coefficient (Wildman–Crippen LogP) is 3.82. The second kappa shape index (κ2) is 7.19.